The molecule has 1 fully saturated rings. The van der Waals surface area contributed by atoms with Gasteiger partial charge in [-0.05, 0) is 67.7 Å². The summed E-state index contributed by atoms with van der Waals surface area (Å²) in [6, 6.07) is 8.52. The third kappa shape index (κ3) is 10.1. The van der Waals surface area contributed by atoms with E-state index in [0.29, 0.717) is 37.7 Å². The zero-order valence-corrected chi connectivity index (χ0v) is 24.8. The van der Waals surface area contributed by atoms with Crippen molar-refractivity contribution in [3.05, 3.63) is 70.8 Å². The molecule has 3 rings (SSSR count). The molecule has 0 aromatic heterocycles. The first-order valence-corrected chi connectivity index (χ1v) is 15.5. The van der Waals surface area contributed by atoms with E-state index in [9.17, 15) is 44.3 Å². The number of halogens is 6. The second-order valence-corrected chi connectivity index (χ2v) is 12.6. The maximum Gasteiger partial charge on any atom is 0.416 e. The largest absolute Gasteiger partial charge is 0.446 e. The summed E-state index contributed by atoms with van der Waals surface area (Å²) >= 11 is 0. The number of amides is 2. The highest BCUT2D eigenvalue weighted by Crippen LogP contribution is 2.37. The lowest BCUT2D eigenvalue weighted by atomic mass is 9.78. The minimum atomic E-state index is -5.22. The van der Waals surface area contributed by atoms with Crippen LogP contribution in [0.15, 0.2) is 48.5 Å². The summed E-state index contributed by atoms with van der Waals surface area (Å²) in [4.78, 5) is 24.3. The van der Waals surface area contributed by atoms with E-state index in [1.165, 1.54) is 0 Å². The number of nitrogens with one attached hydrogen (secondary N) is 1. The standard InChI is InChI=1S/C29H35F6N3O5S/c1-2-3-9-25(43-27(36)40)21-12-10-20(11-13-21)18-38(17-19-7-5-4-6-8-19)44(41,42)37-26(39)22-14-23(28(30,31)32)16-24(15-22)29(33,34)35/h4-8,14-16,20-21,25H,2-3,9-13,17-18H2,1H3,(H2,36,40)(H,37,39). The molecule has 1 aliphatic rings. The maximum atomic E-state index is 13.4. The van der Waals surface area contributed by atoms with E-state index in [1.807, 2.05) is 6.92 Å². The number of carbonyl (C=O) groups is 2. The Morgan fingerprint density at radius 1 is 0.977 bits per heavy atom. The molecule has 2 aromatic rings. The van der Waals surface area contributed by atoms with Crippen molar-refractivity contribution in [2.75, 3.05) is 6.54 Å². The van der Waals surface area contributed by atoms with Gasteiger partial charge in [0.25, 0.3) is 5.91 Å². The predicted molar refractivity (Wildman–Crippen MR) is 149 cm³/mol. The van der Waals surface area contributed by atoms with Crippen molar-refractivity contribution in [2.45, 2.75) is 76.9 Å². The Balaban J connectivity index is 1.82. The molecule has 0 bridgehead atoms. The first-order valence-electron chi connectivity index (χ1n) is 14.1. The van der Waals surface area contributed by atoms with Crippen molar-refractivity contribution in [1.82, 2.24) is 9.03 Å². The minimum absolute atomic E-state index is 0.0212. The third-order valence-electron chi connectivity index (χ3n) is 7.60. The van der Waals surface area contributed by atoms with E-state index in [-0.39, 0.29) is 49.2 Å². The van der Waals surface area contributed by atoms with E-state index in [0.717, 1.165) is 17.1 Å². The van der Waals surface area contributed by atoms with Gasteiger partial charge in [-0.15, -0.1) is 0 Å². The van der Waals surface area contributed by atoms with Gasteiger partial charge in [0.1, 0.15) is 6.10 Å². The van der Waals surface area contributed by atoms with E-state index in [1.54, 1.807) is 35.1 Å². The minimum Gasteiger partial charge on any atom is -0.446 e. The number of alkyl halides is 6. The Labute approximate surface area is 252 Å². The molecule has 1 saturated carbocycles. The fourth-order valence-corrected chi connectivity index (χ4v) is 6.54. The Morgan fingerprint density at radius 3 is 2.05 bits per heavy atom. The molecule has 0 aliphatic heterocycles. The summed E-state index contributed by atoms with van der Waals surface area (Å²) < 4.78 is 115. The highest BCUT2D eigenvalue weighted by Gasteiger charge is 2.38. The molecule has 15 heteroatoms. The maximum absolute atomic E-state index is 13.4. The van der Waals surface area contributed by atoms with E-state index in [2.05, 4.69) is 0 Å². The van der Waals surface area contributed by atoms with Crippen LogP contribution in [0.4, 0.5) is 31.1 Å². The molecule has 1 atom stereocenters. The molecule has 44 heavy (non-hydrogen) atoms. The van der Waals surface area contributed by atoms with Gasteiger partial charge in [-0.3, -0.25) is 4.79 Å². The van der Waals surface area contributed by atoms with Gasteiger partial charge in [0.05, 0.1) is 11.1 Å². The number of unbranched alkanes of at least 4 members (excludes halogenated alkanes) is 1. The molecular weight excluding hydrogens is 616 g/mol. The van der Waals surface area contributed by atoms with Crippen molar-refractivity contribution in [3.8, 4) is 0 Å². The fraction of sp³-hybridized carbons (Fsp3) is 0.517. The van der Waals surface area contributed by atoms with Crippen LogP contribution in [0.25, 0.3) is 0 Å². The van der Waals surface area contributed by atoms with Crippen molar-refractivity contribution in [3.63, 3.8) is 0 Å². The molecule has 0 heterocycles. The van der Waals surface area contributed by atoms with Gasteiger partial charge in [0.2, 0.25) is 0 Å². The van der Waals surface area contributed by atoms with Gasteiger partial charge in [0.15, 0.2) is 0 Å². The lowest BCUT2D eigenvalue weighted by Gasteiger charge is -2.35. The molecular formula is C29H35F6N3O5S. The number of carbonyl (C=O) groups excluding carboxylic acids is 2. The van der Waals surface area contributed by atoms with Crippen LogP contribution in [0.5, 0.6) is 0 Å². The quantitative estimate of drug-likeness (QED) is 0.249. The highest BCUT2D eigenvalue weighted by atomic mass is 32.2. The lowest BCUT2D eigenvalue weighted by molar-refractivity contribution is -0.143. The topological polar surface area (TPSA) is 119 Å². The van der Waals surface area contributed by atoms with Crippen LogP contribution in [0.1, 0.15) is 78.9 Å². The number of hydrogen-bond donors (Lipinski definition) is 2. The molecule has 8 nitrogen and oxygen atoms in total. The van der Waals surface area contributed by atoms with Crippen LogP contribution in [0.2, 0.25) is 0 Å². The van der Waals surface area contributed by atoms with E-state index >= 15 is 0 Å². The average molecular weight is 652 g/mol. The second kappa shape index (κ2) is 14.6. The van der Waals surface area contributed by atoms with Crippen LogP contribution >= 0.6 is 0 Å². The predicted octanol–water partition coefficient (Wildman–Crippen LogP) is 6.66. The van der Waals surface area contributed by atoms with Gasteiger partial charge >= 0.3 is 28.7 Å². The summed E-state index contributed by atoms with van der Waals surface area (Å²) in [6.45, 7) is 1.72. The first-order chi connectivity index (χ1) is 20.5. The number of benzene rings is 2. The molecule has 2 aromatic carbocycles. The molecule has 3 N–H and O–H groups in total. The van der Waals surface area contributed by atoms with Crippen LogP contribution in [0, 0.1) is 11.8 Å². The second-order valence-electron chi connectivity index (χ2n) is 10.9. The number of rotatable bonds is 12. The molecule has 0 saturated heterocycles. The highest BCUT2D eigenvalue weighted by molar-refractivity contribution is 7.87. The number of nitrogens with two attached hydrogens (primary N) is 1. The normalized spacial score (nSPS) is 18.5. The van der Waals surface area contributed by atoms with Crippen LogP contribution in [-0.4, -0.2) is 37.4 Å². The Kier molecular flexibility index (Phi) is 11.7. The zero-order valence-electron chi connectivity index (χ0n) is 24.0. The van der Waals surface area contributed by atoms with Crippen molar-refractivity contribution < 1.29 is 49.1 Å². The number of primary amides is 1. The molecule has 1 aliphatic carbocycles. The number of ether oxygens (including phenoxy) is 1. The smallest absolute Gasteiger partial charge is 0.416 e. The molecule has 2 amide bonds. The van der Waals surface area contributed by atoms with Crippen LogP contribution < -0.4 is 10.5 Å². The first kappa shape index (κ1) is 35.2. The van der Waals surface area contributed by atoms with Crippen molar-refractivity contribution in [1.29, 1.82) is 0 Å². The van der Waals surface area contributed by atoms with Crippen LogP contribution in [-0.2, 0) is 33.8 Å². The van der Waals surface area contributed by atoms with E-state index in [4.69, 9.17) is 10.5 Å². The number of nitrogens with zero attached hydrogens (tertiary/aromatic N) is 1. The molecule has 0 spiro atoms. The zero-order chi connectivity index (χ0) is 32.7. The summed E-state index contributed by atoms with van der Waals surface area (Å²) in [5.74, 6) is -1.80. The Hall–Kier alpha value is -3.33. The van der Waals surface area contributed by atoms with E-state index < -0.39 is 51.3 Å². The monoisotopic (exact) mass is 651 g/mol. The lowest BCUT2D eigenvalue weighted by Crippen LogP contribution is -2.45. The van der Waals surface area contributed by atoms with Crippen molar-refractivity contribution in [2.24, 2.45) is 17.6 Å². The summed E-state index contributed by atoms with van der Waals surface area (Å²) in [5.41, 5.74) is 1.20. The Bertz CT molecular complexity index is 1350. The summed E-state index contributed by atoms with van der Waals surface area (Å²) in [5, 5.41) is 0. The fourth-order valence-electron chi connectivity index (χ4n) is 5.34. The Morgan fingerprint density at radius 2 is 1.55 bits per heavy atom. The molecule has 0 radical (unpaired) electrons. The van der Waals surface area contributed by atoms with Crippen LogP contribution in [0.3, 0.4) is 0 Å². The SMILES string of the molecule is CCCCC(OC(N)=O)C1CCC(CN(Cc2ccccc2)S(=O)(=O)NC(=O)c2cc(C(F)(F)F)cc(C(F)(F)F)c2)CC1. The van der Waals surface area contributed by atoms with Gasteiger partial charge in [-0.1, -0.05) is 50.1 Å². The number of hydrogen-bond acceptors (Lipinski definition) is 5. The summed E-state index contributed by atoms with van der Waals surface area (Å²) in [7, 11) is -4.74. The van der Waals surface area contributed by atoms with Gasteiger partial charge in [0, 0.05) is 18.7 Å². The molecule has 244 valence electrons. The van der Waals surface area contributed by atoms with Gasteiger partial charge in [-0.25, -0.2) is 9.52 Å². The summed E-state index contributed by atoms with van der Waals surface area (Å²) in [6.07, 6.45) is -6.98. The van der Waals surface area contributed by atoms with Crippen molar-refractivity contribution >= 4 is 22.2 Å². The van der Waals surface area contributed by atoms with Gasteiger partial charge < -0.3 is 10.5 Å². The average Bonchev–Trinajstić information content (AvgIpc) is 2.94. The van der Waals surface area contributed by atoms with Gasteiger partial charge in [-0.2, -0.15) is 39.1 Å². The third-order valence-corrected chi connectivity index (χ3v) is 9.00. The molecule has 1 unspecified atom stereocenters.